The van der Waals surface area contributed by atoms with E-state index >= 15 is 0 Å². The molecule has 16 heavy (non-hydrogen) atoms. The fraction of sp³-hybridized carbons (Fsp3) is 0.917. The predicted octanol–water partition coefficient (Wildman–Crippen LogP) is 0.733. The number of nitrogens with two attached hydrogens (primary N) is 1. The second-order valence-electron chi connectivity index (χ2n) is 4.95. The summed E-state index contributed by atoms with van der Waals surface area (Å²) in [6.45, 7) is 2.35. The molecule has 3 atom stereocenters. The van der Waals surface area contributed by atoms with E-state index in [-0.39, 0.29) is 24.0 Å². The number of amides is 1. The SMILES string of the molecule is CC(O)CCN(C)C(=O)C1CCCCC1N. The molecule has 4 nitrogen and oxygen atoms in total. The van der Waals surface area contributed by atoms with E-state index < -0.39 is 0 Å². The summed E-state index contributed by atoms with van der Waals surface area (Å²) in [5.74, 6) is 0.139. The highest BCUT2D eigenvalue weighted by Gasteiger charge is 2.30. The van der Waals surface area contributed by atoms with Gasteiger partial charge in [0.2, 0.25) is 5.91 Å². The van der Waals surface area contributed by atoms with E-state index in [4.69, 9.17) is 5.73 Å². The molecular weight excluding hydrogens is 204 g/mol. The van der Waals surface area contributed by atoms with Crippen molar-refractivity contribution in [2.45, 2.75) is 51.2 Å². The topological polar surface area (TPSA) is 66.6 Å². The molecule has 0 aliphatic heterocycles. The van der Waals surface area contributed by atoms with Crippen LogP contribution in [0.5, 0.6) is 0 Å². The van der Waals surface area contributed by atoms with Crippen molar-refractivity contribution in [3.05, 3.63) is 0 Å². The van der Waals surface area contributed by atoms with Crippen LogP contribution in [0.4, 0.5) is 0 Å². The van der Waals surface area contributed by atoms with E-state index in [1.54, 1.807) is 18.9 Å². The Morgan fingerprint density at radius 1 is 1.50 bits per heavy atom. The van der Waals surface area contributed by atoms with Crippen molar-refractivity contribution in [1.82, 2.24) is 4.90 Å². The fourth-order valence-electron chi connectivity index (χ4n) is 2.24. The van der Waals surface area contributed by atoms with Gasteiger partial charge in [0, 0.05) is 19.6 Å². The number of hydrogen-bond donors (Lipinski definition) is 2. The molecule has 1 rings (SSSR count). The number of aliphatic hydroxyl groups excluding tert-OH is 1. The molecule has 1 aliphatic carbocycles. The Morgan fingerprint density at radius 3 is 2.69 bits per heavy atom. The Hall–Kier alpha value is -0.610. The molecule has 0 aromatic heterocycles. The number of carbonyl (C=O) groups is 1. The number of carbonyl (C=O) groups excluding carboxylic acids is 1. The van der Waals surface area contributed by atoms with Crippen LogP contribution < -0.4 is 5.73 Å². The molecule has 0 heterocycles. The van der Waals surface area contributed by atoms with Crippen LogP contribution in [0.1, 0.15) is 39.0 Å². The van der Waals surface area contributed by atoms with Crippen molar-refractivity contribution >= 4 is 5.91 Å². The van der Waals surface area contributed by atoms with E-state index in [2.05, 4.69) is 0 Å². The zero-order valence-electron chi connectivity index (χ0n) is 10.4. The predicted molar refractivity (Wildman–Crippen MR) is 63.9 cm³/mol. The number of aliphatic hydroxyl groups is 1. The van der Waals surface area contributed by atoms with E-state index in [0.717, 1.165) is 25.7 Å². The van der Waals surface area contributed by atoms with Crippen LogP contribution >= 0.6 is 0 Å². The molecule has 94 valence electrons. The van der Waals surface area contributed by atoms with Gasteiger partial charge in [-0.05, 0) is 26.2 Å². The third kappa shape index (κ3) is 3.76. The van der Waals surface area contributed by atoms with Crippen molar-refractivity contribution in [1.29, 1.82) is 0 Å². The monoisotopic (exact) mass is 228 g/mol. The summed E-state index contributed by atoms with van der Waals surface area (Å²) in [4.78, 5) is 13.8. The van der Waals surface area contributed by atoms with E-state index in [9.17, 15) is 9.90 Å². The highest BCUT2D eigenvalue weighted by Crippen LogP contribution is 2.24. The molecule has 0 saturated heterocycles. The molecule has 1 aliphatic rings. The molecule has 3 unspecified atom stereocenters. The zero-order valence-corrected chi connectivity index (χ0v) is 10.4. The molecular formula is C12H24N2O2. The minimum absolute atomic E-state index is 0.00671. The Kier molecular flexibility index (Phi) is 5.22. The van der Waals surface area contributed by atoms with Gasteiger partial charge in [-0.2, -0.15) is 0 Å². The Labute approximate surface area is 97.8 Å². The number of hydrogen-bond acceptors (Lipinski definition) is 3. The van der Waals surface area contributed by atoms with Gasteiger partial charge >= 0.3 is 0 Å². The van der Waals surface area contributed by atoms with Gasteiger partial charge < -0.3 is 15.7 Å². The molecule has 0 bridgehead atoms. The summed E-state index contributed by atoms with van der Waals surface area (Å²) < 4.78 is 0. The summed E-state index contributed by atoms with van der Waals surface area (Å²) in [6, 6.07) is 0.0234. The van der Waals surface area contributed by atoms with E-state index in [0.29, 0.717) is 13.0 Å². The molecule has 1 saturated carbocycles. The quantitative estimate of drug-likeness (QED) is 0.745. The maximum atomic E-state index is 12.1. The molecule has 1 amide bonds. The van der Waals surface area contributed by atoms with Crippen molar-refractivity contribution in [2.24, 2.45) is 11.7 Å². The van der Waals surface area contributed by atoms with Crippen LogP contribution in [-0.2, 0) is 4.79 Å². The largest absolute Gasteiger partial charge is 0.393 e. The summed E-state index contributed by atoms with van der Waals surface area (Å²) >= 11 is 0. The summed E-state index contributed by atoms with van der Waals surface area (Å²) in [5.41, 5.74) is 5.98. The first-order valence-electron chi connectivity index (χ1n) is 6.21. The minimum atomic E-state index is -0.352. The maximum absolute atomic E-state index is 12.1. The van der Waals surface area contributed by atoms with Gasteiger partial charge in [0.15, 0.2) is 0 Å². The zero-order chi connectivity index (χ0) is 12.1. The Bertz CT molecular complexity index is 231. The first-order valence-corrected chi connectivity index (χ1v) is 6.21. The first kappa shape index (κ1) is 13.5. The van der Waals surface area contributed by atoms with Gasteiger partial charge in [0.1, 0.15) is 0 Å². The Balaban J connectivity index is 2.42. The highest BCUT2D eigenvalue weighted by atomic mass is 16.3. The molecule has 1 fully saturated rings. The summed E-state index contributed by atoms with van der Waals surface area (Å²) in [7, 11) is 1.80. The molecule has 0 spiro atoms. The van der Waals surface area contributed by atoms with E-state index in [1.807, 2.05) is 0 Å². The van der Waals surface area contributed by atoms with Gasteiger partial charge in [-0.3, -0.25) is 4.79 Å². The van der Waals surface area contributed by atoms with Gasteiger partial charge in [-0.25, -0.2) is 0 Å². The average Bonchev–Trinajstić information content (AvgIpc) is 2.25. The number of nitrogens with zero attached hydrogens (tertiary/aromatic N) is 1. The smallest absolute Gasteiger partial charge is 0.226 e. The summed E-state index contributed by atoms with van der Waals surface area (Å²) in [5, 5.41) is 9.18. The Morgan fingerprint density at radius 2 is 2.12 bits per heavy atom. The van der Waals surface area contributed by atoms with Crippen LogP contribution in [0.2, 0.25) is 0 Å². The minimum Gasteiger partial charge on any atom is -0.393 e. The first-order chi connectivity index (χ1) is 7.52. The lowest BCUT2D eigenvalue weighted by Gasteiger charge is -2.31. The molecule has 0 radical (unpaired) electrons. The molecule has 3 N–H and O–H groups in total. The van der Waals surface area contributed by atoms with Gasteiger partial charge in [-0.15, -0.1) is 0 Å². The van der Waals surface area contributed by atoms with Gasteiger partial charge in [-0.1, -0.05) is 12.8 Å². The third-order valence-electron chi connectivity index (χ3n) is 3.40. The average molecular weight is 228 g/mol. The second kappa shape index (κ2) is 6.21. The van der Waals surface area contributed by atoms with Crippen LogP contribution in [0.25, 0.3) is 0 Å². The fourth-order valence-corrected chi connectivity index (χ4v) is 2.24. The van der Waals surface area contributed by atoms with Crippen LogP contribution in [-0.4, -0.2) is 41.7 Å². The third-order valence-corrected chi connectivity index (χ3v) is 3.40. The summed E-state index contributed by atoms with van der Waals surface area (Å²) in [6.07, 6.45) is 4.40. The molecule has 4 heteroatoms. The number of rotatable bonds is 4. The van der Waals surface area contributed by atoms with Gasteiger partial charge in [0.05, 0.1) is 12.0 Å². The van der Waals surface area contributed by atoms with E-state index in [1.165, 1.54) is 0 Å². The lowest BCUT2D eigenvalue weighted by molar-refractivity contribution is -0.136. The lowest BCUT2D eigenvalue weighted by atomic mass is 9.84. The van der Waals surface area contributed by atoms with Crippen molar-refractivity contribution in [3.63, 3.8) is 0 Å². The van der Waals surface area contributed by atoms with Crippen molar-refractivity contribution in [3.8, 4) is 0 Å². The highest BCUT2D eigenvalue weighted by molar-refractivity contribution is 5.79. The van der Waals surface area contributed by atoms with Gasteiger partial charge in [0.25, 0.3) is 0 Å². The van der Waals surface area contributed by atoms with Crippen LogP contribution in [0.15, 0.2) is 0 Å². The lowest BCUT2D eigenvalue weighted by Crippen LogP contribution is -2.44. The van der Waals surface area contributed by atoms with Crippen molar-refractivity contribution in [2.75, 3.05) is 13.6 Å². The van der Waals surface area contributed by atoms with Crippen LogP contribution in [0.3, 0.4) is 0 Å². The van der Waals surface area contributed by atoms with Crippen LogP contribution in [0, 0.1) is 5.92 Å². The van der Waals surface area contributed by atoms with Crippen molar-refractivity contribution < 1.29 is 9.90 Å². The standard InChI is InChI=1S/C12H24N2O2/c1-9(15)7-8-14(2)12(16)10-5-3-4-6-11(10)13/h9-11,15H,3-8,13H2,1-2H3. The molecule has 0 aromatic rings. The second-order valence-corrected chi connectivity index (χ2v) is 4.95. The normalized spacial score (nSPS) is 27.5. The molecule has 0 aromatic carbocycles. The maximum Gasteiger partial charge on any atom is 0.226 e.